The van der Waals surface area contributed by atoms with Gasteiger partial charge in [-0.2, -0.15) is 0 Å². The van der Waals surface area contributed by atoms with E-state index in [1.54, 1.807) is 55.8 Å². The molecular formula is C20H16N2O5. The highest BCUT2D eigenvalue weighted by atomic mass is 16.5. The zero-order valence-electron chi connectivity index (χ0n) is 14.5. The van der Waals surface area contributed by atoms with Crippen LogP contribution in [-0.2, 0) is 11.3 Å². The molecule has 0 radical (unpaired) electrons. The average molecular weight is 364 g/mol. The van der Waals surface area contributed by atoms with Crippen molar-refractivity contribution < 1.29 is 19.1 Å². The molecule has 0 atom stereocenters. The summed E-state index contributed by atoms with van der Waals surface area (Å²) in [5, 5.41) is 3.93. The van der Waals surface area contributed by atoms with E-state index < -0.39 is 0 Å². The van der Waals surface area contributed by atoms with Crippen molar-refractivity contribution in [3.05, 3.63) is 64.6 Å². The van der Waals surface area contributed by atoms with Crippen LogP contribution in [0.15, 0.2) is 53.5 Å². The Hall–Kier alpha value is -3.61. The average Bonchev–Trinajstić information content (AvgIpc) is 2.69. The van der Waals surface area contributed by atoms with Crippen molar-refractivity contribution >= 4 is 28.2 Å². The van der Waals surface area contributed by atoms with Gasteiger partial charge in [0, 0.05) is 17.1 Å². The molecule has 0 spiro atoms. The summed E-state index contributed by atoms with van der Waals surface area (Å²) in [5.74, 6) is 0.665. The minimum atomic E-state index is -0.270. The van der Waals surface area contributed by atoms with Crippen LogP contribution >= 0.6 is 0 Å². The standard InChI is InChI=1S/C20H16N2O5/c1-26-14-3-4-15-12(8-14)6-7-22(20(15)25)10-17(23)13-2-5-18-16(9-13)21-19(24)11-27-18/h2-9H,10-11H2,1H3,(H,21,24). The number of carbonyl (C=O) groups is 2. The number of aromatic nitrogens is 1. The van der Waals surface area contributed by atoms with Gasteiger partial charge in [-0.05, 0) is 47.9 Å². The van der Waals surface area contributed by atoms with Crippen molar-refractivity contribution in [1.82, 2.24) is 4.57 Å². The Bertz CT molecular complexity index is 1130. The minimum absolute atomic E-state index is 0.0441. The molecule has 1 aliphatic heterocycles. The fourth-order valence-corrected chi connectivity index (χ4v) is 3.02. The molecule has 2 aromatic carbocycles. The van der Waals surface area contributed by atoms with Crippen molar-refractivity contribution in [2.75, 3.05) is 19.0 Å². The summed E-state index contributed by atoms with van der Waals surface area (Å²) >= 11 is 0. The molecule has 0 aliphatic carbocycles. The van der Waals surface area contributed by atoms with Crippen molar-refractivity contribution in [2.45, 2.75) is 6.54 Å². The van der Waals surface area contributed by atoms with Crippen LogP contribution in [0, 0.1) is 0 Å². The lowest BCUT2D eigenvalue weighted by molar-refractivity contribution is -0.118. The van der Waals surface area contributed by atoms with Gasteiger partial charge in [0.05, 0.1) is 19.3 Å². The number of nitrogens with zero attached hydrogens (tertiary/aromatic N) is 1. The lowest BCUT2D eigenvalue weighted by atomic mass is 10.1. The topological polar surface area (TPSA) is 86.6 Å². The number of carbonyl (C=O) groups excluding carboxylic acids is 2. The van der Waals surface area contributed by atoms with Gasteiger partial charge in [0.2, 0.25) is 0 Å². The maximum atomic E-state index is 12.7. The summed E-state index contributed by atoms with van der Waals surface area (Å²) in [7, 11) is 1.56. The molecule has 3 aromatic rings. The Balaban J connectivity index is 1.63. The Labute approximate surface area is 154 Å². The van der Waals surface area contributed by atoms with Crippen LogP contribution in [0.2, 0.25) is 0 Å². The summed E-state index contributed by atoms with van der Waals surface area (Å²) in [6, 6.07) is 11.8. The van der Waals surface area contributed by atoms with Gasteiger partial charge in [-0.15, -0.1) is 0 Å². The van der Waals surface area contributed by atoms with Crippen molar-refractivity contribution in [1.29, 1.82) is 0 Å². The number of anilines is 1. The number of fused-ring (bicyclic) bond motifs is 2. The van der Waals surface area contributed by atoms with Gasteiger partial charge in [-0.25, -0.2) is 0 Å². The van der Waals surface area contributed by atoms with Gasteiger partial charge in [0.25, 0.3) is 11.5 Å². The lowest BCUT2D eigenvalue weighted by Crippen LogP contribution is -2.26. The van der Waals surface area contributed by atoms with Crippen LogP contribution in [0.1, 0.15) is 10.4 Å². The third kappa shape index (κ3) is 3.15. The monoisotopic (exact) mass is 364 g/mol. The van der Waals surface area contributed by atoms with Crippen molar-refractivity contribution in [3.63, 3.8) is 0 Å². The number of methoxy groups -OCH3 is 1. The van der Waals surface area contributed by atoms with E-state index in [1.807, 2.05) is 0 Å². The van der Waals surface area contributed by atoms with Crippen LogP contribution in [0.4, 0.5) is 5.69 Å². The molecule has 27 heavy (non-hydrogen) atoms. The summed E-state index contributed by atoms with van der Waals surface area (Å²) < 4.78 is 11.8. The number of pyridine rings is 1. The van der Waals surface area contributed by atoms with Gasteiger partial charge >= 0.3 is 0 Å². The number of nitrogens with one attached hydrogen (secondary N) is 1. The largest absolute Gasteiger partial charge is 0.497 e. The zero-order valence-corrected chi connectivity index (χ0v) is 14.5. The van der Waals surface area contributed by atoms with E-state index in [-0.39, 0.29) is 30.4 Å². The third-order valence-corrected chi connectivity index (χ3v) is 4.43. The molecule has 0 saturated heterocycles. The summed E-state index contributed by atoms with van der Waals surface area (Å²) in [4.78, 5) is 36.7. The SMILES string of the molecule is COc1ccc2c(=O)n(CC(=O)c3ccc4c(c3)NC(=O)CO4)ccc2c1. The fourth-order valence-electron chi connectivity index (χ4n) is 3.02. The van der Waals surface area contributed by atoms with E-state index in [0.29, 0.717) is 28.1 Å². The zero-order chi connectivity index (χ0) is 19.0. The molecule has 136 valence electrons. The van der Waals surface area contributed by atoms with Gasteiger partial charge < -0.3 is 19.4 Å². The van der Waals surface area contributed by atoms with E-state index in [2.05, 4.69) is 5.32 Å². The number of ketones is 1. The van der Waals surface area contributed by atoms with Crippen LogP contribution < -0.4 is 20.3 Å². The van der Waals surface area contributed by atoms with Crippen LogP contribution in [-0.4, -0.2) is 30.0 Å². The number of benzene rings is 2. The number of hydrogen-bond acceptors (Lipinski definition) is 5. The molecule has 0 bridgehead atoms. The van der Waals surface area contributed by atoms with E-state index >= 15 is 0 Å². The second kappa shape index (κ2) is 6.60. The Morgan fingerprint density at radius 3 is 2.85 bits per heavy atom. The highest BCUT2D eigenvalue weighted by Crippen LogP contribution is 2.28. The first kappa shape index (κ1) is 16.8. The molecule has 1 aromatic heterocycles. The Morgan fingerprint density at radius 1 is 1.19 bits per heavy atom. The second-order valence-corrected chi connectivity index (χ2v) is 6.17. The Kier molecular flexibility index (Phi) is 4.12. The molecular weight excluding hydrogens is 348 g/mol. The third-order valence-electron chi connectivity index (χ3n) is 4.43. The summed E-state index contributed by atoms with van der Waals surface area (Å²) in [6.45, 7) is -0.147. The number of rotatable bonds is 4. The molecule has 2 heterocycles. The first-order valence-corrected chi connectivity index (χ1v) is 8.32. The molecule has 1 amide bonds. The number of amides is 1. The normalized spacial score (nSPS) is 12.9. The van der Waals surface area contributed by atoms with E-state index in [0.717, 1.165) is 5.39 Å². The smallest absolute Gasteiger partial charge is 0.262 e. The first-order valence-electron chi connectivity index (χ1n) is 8.32. The number of Topliss-reactive ketones (excluding diaryl/α,β-unsaturated/α-hetero) is 1. The second-order valence-electron chi connectivity index (χ2n) is 6.17. The minimum Gasteiger partial charge on any atom is -0.497 e. The van der Waals surface area contributed by atoms with Crippen LogP contribution in [0.5, 0.6) is 11.5 Å². The molecule has 0 fully saturated rings. The van der Waals surface area contributed by atoms with Crippen molar-refractivity contribution in [2.24, 2.45) is 0 Å². The van der Waals surface area contributed by atoms with E-state index in [9.17, 15) is 14.4 Å². The summed E-state index contributed by atoms with van der Waals surface area (Å²) in [6.07, 6.45) is 1.59. The van der Waals surface area contributed by atoms with Crippen molar-refractivity contribution in [3.8, 4) is 11.5 Å². The van der Waals surface area contributed by atoms with Crippen LogP contribution in [0.3, 0.4) is 0 Å². The summed E-state index contributed by atoms with van der Waals surface area (Å²) in [5.41, 5.74) is 0.592. The molecule has 7 nitrogen and oxygen atoms in total. The van der Waals surface area contributed by atoms with Crippen LogP contribution in [0.25, 0.3) is 10.8 Å². The Morgan fingerprint density at radius 2 is 2.04 bits per heavy atom. The quantitative estimate of drug-likeness (QED) is 0.718. The van der Waals surface area contributed by atoms with Gasteiger partial charge in [0.1, 0.15) is 11.5 Å². The highest BCUT2D eigenvalue weighted by Gasteiger charge is 2.18. The molecule has 7 heteroatoms. The van der Waals surface area contributed by atoms with Gasteiger partial charge in [-0.1, -0.05) is 0 Å². The molecule has 1 aliphatic rings. The number of ether oxygens (including phenoxy) is 2. The van der Waals surface area contributed by atoms with Gasteiger partial charge in [-0.3, -0.25) is 14.4 Å². The van der Waals surface area contributed by atoms with E-state index in [1.165, 1.54) is 4.57 Å². The lowest BCUT2D eigenvalue weighted by Gasteiger charge is -2.18. The predicted molar refractivity (Wildman–Crippen MR) is 99.7 cm³/mol. The maximum Gasteiger partial charge on any atom is 0.262 e. The molecule has 0 unspecified atom stereocenters. The fraction of sp³-hybridized carbons (Fsp3) is 0.150. The molecule has 0 saturated carbocycles. The molecule has 1 N–H and O–H groups in total. The highest BCUT2D eigenvalue weighted by molar-refractivity contribution is 6.00. The number of hydrogen-bond donors (Lipinski definition) is 1. The predicted octanol–water partition coefficient (Wildman–Crippen LogP) is 2.22. The van der Waals surface area contributed by atoms with Gasteiger partial charge in [0.15, 0.2) is 12.4 Å². The van der Waals surface area contributed by atoms with E-state index in [4.69, 9.17) is 9.47 Å². The first-order chi connectivity index (χ1) is 13.0. The maximum absolute atomic E-state index is 12.7. The molecule has 4 rings (SSSR count).